The summed E-state index contributed by atoms with van der Waals surface area (Å²) in [4.78, 5) is 0. The van der Waals surface area contributed by atoms with Crippen molar-refractivity contribution in [2.45, 2.75) is 18.6 Å². The van der Waals surface area contributed by atoms with Crippen LogP contribution in [0.15, 0.2) is 18.3 Å². The predicted molar refractivity (Wildman–Crippen MR) is 58.7 cm³/mol. The fourth-order valence-corrected chi connectivity index (χ4v) is 1.42. The molecule has 2 unspecified atom stereocenters. The third-order valence-electron chi connectivity index (χ3n) is 2.00. The molecule has 0 aromatic carbocycles. The lowest BCUT2D eigenvalue weighted by Gasteiger charge is -2.08. The van der Waals surface area contributed by atoms with Gasteiger partial charge in [-0.3, -0.25) is 4.21 Å². The van der Waals surface area contributed by atoms with Crippen LogP contribution in [-0.2, 0) is 10.8 Å². The number of nitrogens with one attached hydrogen (secondary N) is 1. The van der Waals surface area contributed by atoms with Crippen LogP contribution in [-0.4, -0.2) is 32.5 Å². The highest BCUT2D eigenvalue weighted by Crippen LogP contribution is 2.02. The van der Waals surface area contributed by atoms with Crippen LogP contribution in [0.1, 0.15) is 13.3 Å². The quantitative estimate of drug-likeness (QED) is 0.794. The summed E-state index contributed by atoms with van der Waals surface area (Å²) in [6.45, 7) is 2.76. The monoisotopic (exact) mass is 213 g/mol. The van der Waals surface area contributed by atoms with Crippen molar-refractivity contribution in [2.24, 2.45) is 0 Å². The number of hydrogen-bond acceptors (Lipinski definition) is 4. The molecule has 14 heavy (non-hydrogen) atoms. The molecule has 0 spiro atoms. The Morgan fingerprint density at radius 3 is 3.00 bits per heavy atom. The molecule has 2 atom stereocenters. The Morgan fingerprint density at radius 1 is 1.64 bits per heavy atom. The van der Waals surface area contributed by atoms with E-state index in [0.717, 1.165) is 18.8 Å². The lowest BCUT2D eigenvalue weighted by molar-refractivity contribution is 0.672. The Labute approximate surface area is 86.6 Å². The molecule has 5 heteroatoms. The molecule has 1 aromatic rings. The van der Waals surface area contributed by atoms with Crippen LogP contribution >= 0.6 is 0 Å². The molecular weight excluding hydrogens is 198 g/mol. The molecule has 0 aliphatic rings. The van der Waals surface area contributed by atoms with Gasteiger partial charge in [0.05, 0.1) is 0 Å². The molecular formula is C9H15N3OS. The normalized spacial score (nSPS) is 14.7. The Kier molecular flexibility index (Phi) is 4.52. The van der Waals surface area contributed by atoms with Crippen LogP contribution in [0.3, 0.4) is 0 Å². The van der Waals surface area contributed by atoms with Crippen LogP contribution in [0.4, 0.5) is 5.82 Å². The number of rotatable bonds is 5. The molecule has 1 heterocycles. The van der Waals surface area contributed by atoms with Gasteiger partial charge in [-0.1, -0.05) is 6.92 Å². The average molecular weight is 213 g/mol. The van der Waals surface area contributed by atoms with Gasteiger partial charge in [0.25, 0.3) is 0 Å². The van der Waals surface area contributed by atoms with Crippen LogP contribution in [0.2, 0.25) is 0 Å². The third kappa shape index (κ3) is 3.83. The van der Waals surface area contributed by atoms with Gasteiger partial charge in [0.2, 0.25) is 0 Å². The number of nitrogens with zero attached hydrogens (tertiary/aromatic N) is 2. The fraction of sp³-hybridized carbons (Fsp3) is 0.556. The number of aromatic nitrogens is 2. The summed E-state index contributed by atoms with van der Waals surface area (Å²) in [6, 6.07) is 3.69. The van der Waals surface area contributed by atoms with Crippen molar-refractivity contribution < 1.29 is 4.21 Å². The van der Waals surface area contributed by atoms with Crippen molar-refractivity contribution in [3.05, 3.63) is 18.3 Å². The molecule has 0 amide bonds. The van der Waals surface area contributed by atoms with E-state index in [2.05, 4.69) is 15.5 Å². The smallest absolute Gasteiger partial charge is 0.148 e. The molecule has 0 aliphatic carbocycles. The van der Waals surface area contributed by atoms with Crippen molar-refractivity contribution in [1.82, 2.24) is 10.2 Å². The number of anilines is 1. The maximum Gasteiger partial charge on any atom is 0.148 e. The Morgan fingerprint density at radius 2 is 2.43 bits per heavy atom. The van der Waals surface area contributed by atoms with Gasteiger partial charge in [-0.2, -0.15) is 5.10 Å². The first-order chi connectivity index (χ1) is 6.70. The third-order valence-corrected chi connectivity index (χ3v) is 3.36. The van der Waals surface area contributed by atoms with Crippen LogP contribution in [0.5, 0.6) is 0 Å². The zero-order valence-electron chi connectivity index (χ0n) is 8.43. The van der Waals surface area contributed by atoms with Gasteiger partial charge in [0.1, 0.15) is 5.82 Å². The second-order valence-electron chi connectivity index (χ2n) is 3.13. The first kappa shape index (κ1) is 11.1. The second-order valence-corrected chi connectivity index (χ2v) is 4.94. The molecule has 0 aliphatic heterocycles. The van der Waals surface area contributed by atoms with Crippen molar-refractivity contribution >= 4 is 16.6 Å². The zero-order chi connectivity index (χ0) is 10.4. The van der Waals surface area contributed by atoms with Gasteiger partial charge in [-0.05, 0) is 18.6 Å². The predicted octanol–water partition coefficient (Wildman–Crippen LogP) is 1.05. The molecule has 4 nitrogen and oxygen atoms in total. The summed E-state index contributed by atoms with van der Waals surface area (Å²) in [5.74, 6) is 0.765. The first-order valence-electron chi connectivity index (χ1n) is 4.54. The molecule has 0 fully saturated rings. The SMILES string of the molecule is CC(CCNc1cccnn1)S(C)=O. The summed E-state index contributed by atoms with van der Waals surface area (Å²) in [5.41, 5.74) is 0. The summed E-state index contributed by atoms with van der Waals surface area (Å²) < 4.78 is 11.0. The van der Waals surface area contributed by atoms with E-state index >= 15 is 0 Å². The van der Waals surface area contributed by atoms with E-state index < -0.39 is 10.8 Å². The maximum atomic E-state index is 11.0. The largest absolute Gasteiger partial charge is 0.369 e. The molecule has 1 rings (SSSR count). The van der Waals surface area contributed by atoms with E-state index in [-0.39, 0.29) is 5.25 Å². The molecule has 0 bridgehead atoms. The Bertz CT molecular complexity index is 291. The van der Waals surface area contributed by atoms with Crippen molar-refractivity contribution in [3.8, 4) is 0 Å². The summed E-state index contributed by atoms with van der Waals surface area (Å²) in [5, 5.41) is 11.0. The van der Waals surface area contributed by atoms with E-state index in [9.17, 15) is 4.21 Å². The maximum absolute atomic E-state index is 11.0. The summed E-state index contributed by atoms with van der Waals surface area (Å²) >= 11 is 0. The molecule has 0 saturated heterocycles. The minimum absolute atomic E-state index is 0.221. The minimum atomic E-state index is -0.744. The lowest BCUT2D eigenvalue weighted by atomic mass is 10.3. The van der Waals surface area contributed by atoms with Gasteiger partial charge >= 0.3 is 0 Å². The number of hydrogen-bond donors (Lipinski definition) is 1. The molecule has 1 N–H and O–H groups in total. The first-order valence-corrected chi connectivity index (χ1v) is 6.16. The van der Waals surface area contributed by atoms with E-state index in [1.807, 2.05) is 19.1 Å². The van der Waals surface area contributed by atoms with Crippen molar-refractivity contribution in [3.63, 3.8) is 0 Å². The van der Waals surface area contributed by atoms with Crippen molar-refractivity contribution in [1.29, 1.82) is 0 Å². The minimum Gasteiger partial charge on any atom is -0.369 e. The topological polar surface area (TPSA) is 54.9 Å². The van der Waals surface area contributed by atoms with Gasteiger partial charge in [-0.25, -0.2) is 0 Å². The van der Waals surface area contributed by atoms with Gasteiger partial charge in [0.15, 0.2) is 0 Å². The molecule has 1 aromatic heterocycles. The highest BCUT2D eigenvalue weighted by Gasteiger charge is 2.04. The molecule has 78 valence electrons. The standard InChI is InChI=1S/C9H15N3OS/c1-8(14(2)13)5-7-10-9-4-3-6-11-12-9/h3-4,6,8H,5,7H2,1-2H3,(H,10,12). The Hall–Kier alpha value is -0.970. The van der Waals surface area contributed by atoms with Gasteiger partial charge in [0, 0.05) is 35.0 Å². The molecule has 0 saturated carbocycles. The van der Waals surface area contributed by atoms with Crippen LogP contribution in [0.25, 0.3) is 0 Å². The summed E-state index contributed by atoms with van der Waals surface area (Å²) in [7, 11) is -0.744. The van der Waals surface area contributed by atoms with Crippen molar-refractivity contribution in [2.75, 3.05) is 18.1 Å². The van der Waals surface area contributed by atoms with Crippen LogP contribution in [0, 0.1) is 0 Å². The highest BCUT2D eigenvalue weighted by molar-refractivity contribution is 7.84. The fourth-order valence-electron chi connectivity index (χ4n) is 0.965. The summed E-state index contributed by atoms with van der Waals surface area (Å²) in [6.07, 6.45) is 4.24. The average Bonchev–Trinajstić information content (AvgIpc) is 2.19. The highest BCUT2D eigenvalue weighted by atomic mass is 32.2. The van der Waals surface area contributed by atoms with E-state index in [1.54, 1.807) is 12.5 Å². The van der Waals surface area contributed by atoms with Gasteiger partial charge in [-0.15, -0.1) is 5.10 Å². The van der Waals surface area contributed by atoms with Gasteiger partial charge < -0.3 is 5.32 Å². The molecule has 0 radical (unpaired) electrons. The zero-order valence-corrected chi connectivity index (χ0v) is 9.25. The van der Waals surface area contributed by atoms with E-state index in [1.165, 1.54) is 0 Å². The second kappa shape index (κ2) is 5.70. The Balaban J connectivity index is 2.26. The van der Waals surface area contributed by atoms with E-state index in [4.69, 9.17) is 0 Å². The lowest BCUT2D eigenvalue weighted by Crippen LogP contribution is -2.15. The van der Waals surface area contributed by atoms with E-state index in [0.29, 0.717) is 0 Å². The van der Waals surface area contributed by atoms with Crippen LogP contribution < -0.4 is 5.32 Å².